The van der Waals surface area contributed by atoms with Gasteiger partial charge in [0.15, 0.2) is 0 Å². The van der Waals surface area contributed by atoms with E-state index in [-0.39, 0.29) is 0 Å². The first-order chi connectivity index (χ1) is 7.88. The molecular formula is C13H20N2O. The fraction of sp³-hybridized carbons (Fsp3) is 0.538. The number of methoxy groups -OCH3 is 1. The number of hydrogen-bond donors (Lipinski definition) is 2. The van der Waals surface area contributed by atoms with Crippen molar-refractivity contribution in [1.82, 2.24) is 10.6 Å². The molecule has 0 amide bonds. The van der Waals surface area contributed by atoms with Gasteiger partial charge in [-0.15, -0.1) is 0 Å². The molecule has 1 heterocycles. The molecule has 0 aromatic heterocycles. The minimum absolute atomic E-state index is 0.658. The predicted molar refractivity (Wildman–Crippen MR) is 66.0 cm³/mol. The van der Waals surface area contributed by atoms with Crippen LogP contribution in [0.4, 0.5) is 0 Å². The Labute approximate surface area is 97.2 Å². The first-order valence-corrected chi connectivity index (χ1v) is 5.95. The Bertz CT molecular complexity index is 321. The third kappa shape index (κ3) is 3.22. The predicted octanol–water partition coefficient (Wildman–Crippen LogP) is 1.19. The van der Waals surface area contributed by atoms with E-state index in [1.165, 1.54) is 12.0 Å². The van der Waals surface area contributed by atoms with Gasteiger partial charge in [0.1, 0.15) is 5.75 Å². The van der Waals surface area contributed by atoms with Crippen LogP contribution in [0.5, 0.6) is 5.75 Å². The Morgan fingerprint density at radius 2 is 2.44 bits per heavy atom. The average molecular weight is 220 g/mol. The van der Waals surface area contributed by atoms with Gasteiger partial charge in [0.2, 0.25) is 0 Å². The summed E-state index contributed by atoms with van der Waals surface area (Å²) in [6, 6.07) is 8.94. The number of nitrogens with one attached hydrogen (secondary N) is 2. The summed E-state index contributed by atoms with van der Waals surface area (Å²) in [4.78, 5) is 0. The van der Waals surface area contributed by atoms with Gasteiger partial charge >= 0.3 is 0 Å². The topological polar surface area (TPSA) is 33.3 Å². The molecule has 1 atom stereocenters. The summed E-state index contributed by atoms with van der Waals surface area (Å²) in [5.74, 6) is 0.944. The van der Waals surface area contributed by atoms with Gasteiger partial charge in [-0.3, -0.25) is 0 Å². The smallest absolute Gasteiger partial charge is 0.119 e. The highest BCUT2D eigenvalue weighted by Crippen LogP contribution is 2.12. The van der Waals surface area contributed by atoms with Crippen LogP contribution < -0.4 is 15.4 Å². The molecule has 0 radical (unpaired) electrons. The van der Waals surface area contributed by atoms with E-state index in [2.05, 4.69) is 22.8 Å². The third-order valence-electron chi connectivity index (χ3n) is 3.04. The van der Waals surface area contributed by atoms with E-state index in [0.29, 0.717) is 6.04 Å². The van der Waals surface area contributed by atoms with Crippen molar-refractivity contribution < 1.29 is 4.74 Å². The van der Waals surface area contributed by atoms with Crippen molar-refractivity contribution in [1.29, 1.82) is 0 Å². The minimum atomic E-state index is 0.658. The second-order valence-electron chi connectivity index (χ2n) is 4.25. The average Bonchev–Trinajstić information content (AvgIpc) is 2.82. The number of hydrogen-bond acceptors (Lipinski definition) is 3. The Morgan fingerprint density at radius 3 is 3.19 bits per heavy atom. The molecular weight excluding hydrogens is 200 g/mol. The van der Waals surface area contributed by atoms with E-state index in [1.807, 2.05) is 12.1 Å². The summed E-state index contributed by atoms with van der Waals surface area (Å²) in [6.45, 7) is 3.30. The summed E-state index contributed by atoms with van der Waals surface area (Å²) >= 11 is 0. The highest BCUT2D eigenvalue weighted by Gasteiger charge is 2.12. The molecule has 1 aliphatic rings. The zero-order chi connectivity index (χ0) is 11.2. The molecule has 1 aliphatic heterocycles. The van der Waals surface area contributed by atoms with Crippen molar-refractivity contribution in [3.63, 3.8) is 0 Å². The Kier molecular flexibility index (Phi) is 4.19. The molecule has 1 fully saturated rings. The van der Waals surface area contributed by atoms with Gasteiger partial charge in [0, 0.05) is 12.6 Å². The van der Waals surface area contributed by atoms with E-state index < -0.39 is 0 Å². The lowest BCUT2D eigenvalue weighted by Crippen LogP contribution is -2.32. The van der Waals surface area contributed by atoms with Crippen molar-refractivity contribution in [2.24, 2.45) is 0 Å². The van der Waals surface area contributed by atoms with Crippen LogP contribution in [-0.4, -0.2) is 32.8 Å². The SMILES string of the molecule is COc1cccc(CCNC2CCNC2)c1. The van der Waals surface area contributed by atoms with Gasteiger partial charge in [0.05, 0.1) is 7.11 Å². The number of benzene rings is 1. The summed E-state index contributed by atoms with van der Waals surface area (Å²) in [7, 11) is 1.71. The lowest BCUT2D eigenvalue weighted by molar-refractivity contribution is 0.414. The van der Waals surface area contributed by atoms with Crippen LogP contribution in [0, 0.1) is 0 Å². The Balaban J connectivity index is 1.75. The van der Waals surface area contributed by atoms with Crippen LogP contribution in [0.2, 0.25) is 0 Å². The molecule has 3 nitrogen and oxygen atoms in total. The molecule has 3 heteroatoms. The first-order valence-electron chi connectivity index (χ1n) is 5.95. The van der Waals surface area contributed by atoms with Crippen molar-refractivity contribution in [3.8, 4) is 5.75 Å². The molecule has 0 saturated carbocycles. The number of ether oxygens (including phenoxy) is 1. The molecule has 1 unspecified atom stereocenters. The molecule has 0 aliphatic carbocycles. The molecule has 1 aromatic rings. The molecule has 2 N–H and O–H groups in total. The zero-order valence-electron chi connectivity index (χ0n) is 9.83. The first kappa shape index (κ1) is 11.4. The molecule has 0 spiro atoms. The third-order valence-corrected chi connectivity index (χ3v) is 3.04. The molecule has 16 heavy (non-hydrogen) atoms. The van der Waals surface area contributed by atoms with Crippen LogP contribution in [0.25, 0.3) is 0 Å². The summed E-state index contributed by atoms with van der Waals surface area (Å²) < 4.78 is 5.20. The van der Waals surface area contributed by atoms with Crippen LogP contribution in [-0.2, 0) is 6.42 Å². The van der Waals surface area contributed by atoms with Crippen LogP contribution in [0.3, 0.4) is 0 Å². The van der Waals surface area contributed by atoms with Crippen molar-refractivity contribution in [2.45, 2.75) is 18.9 Å². The van der Waals surface area contributed by atoms with E-state index in [9.17, 15) is 0 Å². The fourth-order valence-corrected chi connectivity index (χ4v) is 2.08. The largest absolute Gasteiger partial charge is 0.497 e. The lowest BCUT2D eigenvalue weighted by Gasteiger charge is -2.11. The zero-order valence-corrected chi connectivity index (χ0v) is 9.83. The highest BCUT2D eigenvalue weighted by molar-refractivity contribution is 5.28. The molecule has 1 saturated heterocycles. The van der Waals surface area contributed by atoms with Crippen LogP contribution in [0.1, 0.15) is 12.0 Å². The lowest BCUT2D eigenvalue weighted by atomic mass is 10.1. The summed E-state index contributed by atoms with van der Waals surface area (Å²) in [5.41, 5.74) is 1.33. The van der Waals surface area contributed by atoms with E-state index >= 15 is 0 Å². The number of rotatable bonds is 5. The summed E-state index contributed by atoms with van der Waals surface area (Å²) in [5, 5.41) is 6.92. The van der Waals surface area contributed by atoms with Gasteiger partial charge < -0.3 is 15.4 Å². The normalized spacial score (nSPS) is 19.9. The van der Waals surface area contributed by atoms with Gasteiger partial charge in [-0.2, -0.15) is 0 Å². The second-order valence-corrected chi connectivity index (χ2v) is 4.25. The molecule has 0 bridgehead atoms. The van der Waals surface area contributed by atoms with E-state index in [1.54, 1.807) is 7.11 Å². The Morgan fingerprint density at radius 1 is 1.50 bits per heavy atom. The van der Waals surface area contributed by atoms with Crippen molar-refractivity contribution >= 4 is 0 Å². The van der Waals surface area contributed by atoms with Gasteiger partial charge in [-0.05, 0) is 43.6 Å². The van der Waals surface area contributed by atoms with Crippen LogP contribution >= 0.6 is 0 Å². The highest BCUT2D eigenvalue weighted by atomic mass is 16.5. The van der Waals surface area contributed by atoms with Crippen molar-refractivity contribution in [2.75, 3.05) is 26.7 Å². The monoisotopic (exact) mass is 220 g/mol. The second kappa shape index (κ2) is 5.87. The molecule has 1 aromatic carbocycles. The maximum absolute atomic E-state index is 5.20. The fourth-order valence-electron chi connectivity index (χ4n) is 2.08. The van der Waals surface area contributed by atoms with Gasteiger partial charge in [-0.25, -0.2) is 0 Å². The van der Waals surface area contributed by atoms with E-state index in [4.69, 9.17) is 4.74 Å². The molecule has 88 valence electrons. The van der Waals surface area contributed by atoms with Gasteiger partial charge in [0.25, 0.3) is 0 Å². The summed E-state index contributed by atoms with van der Waals surface area (Å²) in [6.07, 6.45) is 2.31. The van der Waals surface area contributed by atoms with Crippen LogP contribution in [0.15, 0.2) is 24.3 Å². The van der Waals surface area contributed by atoms with E-state index in [0.717, 1.165) is 31.8 Å². The maximum Gasteiger partial charge on any atom is 0.119 e. The standard InChI is InChI=1S/C13H20N2O/c1-16-13-4-2-3-11(9-13)5-8-15-12-6-7-14-10-12/h2-4,9,12,14-15H,5-8,10H2,1H3. The Hall–Kier alpha value is -1.06. The van der Waals surface area contributed by atoms with Crippen molar-refractivity contribution in [3.05, 3.63) is 29.8 Å². The molecule has 2 rings (SSSR count). The minimum Gasteiger partial charge on any atom is -0.497 e. The quantitative estimate of drug-likeness (QED) is 0.782. The maximum atomic E-state index is 5.20. The van der Waals surface area contributed by atoms with Gasteiger partial charge in [-0.1, -0.05) is 12.1 Å².